The predicted octanol–water partition coefficient (Wildman–Crippen LogP) is 2.28. The first kappa shape index (κ1) is 10.8. The molecular formula is C8H6ClF2NO2. The number of aldehydes is 1. The highest BCUT2D eigenvalue weighted by molar-refractivity contribution is 6.17. The van der Waals surface area contributed by atoms with Crippen LogP contribution in [-0.4, -0.2) is 16.4 Å². The minimum atomic E-state index is -2.85. The Morgan fingerprint density at radius 1 is 1.64 bits per heavy atom. The summed E-state index contributed by atoms with van der Waals surface area (Å²) < 4.78 is 24.6. The maximum absolute atomic E-state index is 12.3. The Balaban J connectivity index is 3.35. The molecule has 1 N–H and O–H groups in total. The highest BCUT2D eigenvalue weighted by atomic mass is 35.5. The van der Waals surface area contributed by atoms with Crippen LogP contribution >= 0.6 is 11.6 Å². The third-order valence-corrected chi connectivity index (χ3v) is 1.93. The normalized spacial score (nSPS) is 10.6. The Morgan fingerprint density at radius 3 is 2.71 bits per heavy atom. The van der Waals surface area contributed by atoms with E-state index in [0.29, 0.717) is 0 Å². The molecule has 0 aromatic carbocycles. The number of pyridine rings is 1. The number of halogens is 3. The Kier molecular flexibility index (Phi) is 3.35. The summed E-state index contributed by atoms with van der Waals surface area (Å²) in [6.07, 6.45) is -1.85. The summed E-state index contributed by atoms with van der Waals surface area (Å²) in [5.74, 6) is -0.719. The van der Waals surface area contributed by atoms with E-state index in [2.05, 4.69) is 4.98 Å². The SMILES string of the molecule is O=Cc1c(C(F)F)cnc(CCl)c1O. The van der Waals surface area contributed by atoms with Crippen molar-refractivity contribution in [3.05, 3.63) is 23.0 Å². The van der Waals surface area contributed by atoms with Crippen molar-refractivity contribution >= 4 is 17.9 Å². The summed E-state index contributed by atoms with van der Waals surface area (Å²) in [4.78, 5) is 14.0. The Labute approximate surface area is 83.3 Å². The minimum absolute atomic E-state index is 0.0122. The van der Waals surface area contributed by atoms with Gasteiger partial charge in [0, 0.05) is 6.20 Å². The van der Waals surface area contributed by atoms with Crippen molar-refractivity contribution in [1.82, 2.24) is 4.98 Å². The van der Waals surface area contributed by atoms with Crippen LogP contribution in [0.3, 0.4) is 0 Å². The van der Waals surface area contributed by atoms with Gasteiger partial charge in [0.2, 0.25) is 0 Å². The van der Waals surface area contributed by atoms with E-state index in [0.717, 1.165) is 6.20 Å². The van der Waals surface area contributed by atoms with E-state index < -0.39 is 23.3 Å². The zero-order valence-corrected chi connectivity index (χ0v) is 7.63. The van der Waals surface area contributed by atoms with Crippen molar-refractivity contribution < 1.29 is 18.7 Å². The summed E-state index contributed by atoms with van der Waals surface area (Å²) in [6.45, 7) is 0. The van der Waals surface area contributed by atoms with Crippen LogP contribution in [-0.2, 0) is 5.88 Å². The van der Waals surface area contributed by atoms with E-state index in [-0.39, 0.29) is 17.9 Å². The molecule has 0 atom stereocenters. The average molecular weight is 222 g/mol. The van der Waals surface area contributed by atoms with Crippen LogP contribution in [0.15, 0.2) is 6.20 Å². The molecule has 0 fully saturated rings. The molecule has 0 amide bonds. The highest BCUT2D eigenvalue weighted by Gasteiger charge is 2.19. The van der Waals surface area contributed by atoms with Crippen LogP contribution in [0.2, 0.25) is 0 Å². The number of rotatable bonds is 3. The molecular weight excluding hydrogens is 216 g/mol. The van der Waals surface area contributed by atoms with Gasteiger partial charge in [-0.15, -0.1) is 11.6 Å². The molecule has 6 heteroatoms. The van der Waals surface area contributed by atoms with Gasteiger partial charge in [0.25, 0.3) is 6.43 Å². The number of aromatic hydroxyl groups is 1. The van der Waals surface area contributed by atoms with Gasteiger partial charge in [-0.05, 0) is 0 Å². The second-order valence-corrected chi connectivity index (χ2v) is 2.74. The molecule has 1 heterocycles. The number of aromatic nitrogens is 1. The van der Waals surface area contributed by atoms with Gasteiger partial charge >= 0.3 is 0 Å². The summed E-state index contributed by atoms with van der Waals surface area (Å²) in [5, 5.41) is 9.31. The first-order valence-corrected chi connectivity index (χ1v) is 4.15. The van der Waals surface area contributed by atoms with Gasteiger partial charge in [0.15, 0.2) is 6.29 Å². The lowest BCUT2D eigenvalue weighted by atomic mass is 10.1. The molecule has 0 radical (unpaired) electrons. The van der Waals surface area contributed by atoms with E-state index in [1.165, 1.54) is 0 Å². The monoisotopic (exact) mass is 221 g/mol. The lowest BCUT2D eigenvalue weighted by molar-refractivity contribution is 0.110. The van der Waals surface area contributed by atoms with Crippen molar-refractivity contribution in [3.8, 4) is 5.75 Å². The zero-order chi connectivity index (χ0) is 10.7. The molecule has 0 saturated heterocycles. The third kappa shape index (κ3) is 1.82. The van der Waals surface area contributed by atoms with Crippen LogP contribution in [0.5, 0.6) is 5.75 Å². The van der Waals surface area contributed by atoms with Crippen molar-refractivity contribution in [3.63, 3.8) is 0 Å². The van der Waals surface area contributed by atoms with E-state index >= 15 is 0 Å². The molecule has 0 saturated carbocycles. The fraction of sp³-hybridized carbons (Fsp3) is 0.250. The standard InChI is InChI=1S/C8H6ClF2NO2/c9-1-6-7(14)5(3-13)4(2-12-6)8(10)11/h2-3,8,14H,1H2. The van der Waals surface area contributed by atoms with Crippen molar-refractivity contribution in [1.29, 1.82) is 0 Å². The molecule has 0 aliphatic heterocycles. The van der Waals surface area contributed by atoms with Gasteiger partial charge in [-0.1, -0.05) is 0 Å². The molecule has 0 spiro atoms. The van der Waals surface area contributed by atoms with Crippen LogP contribution in [0.4, 0.5) is 8.78 Å². The fourth-order valence-corrected chi connectivity index (χ4v) is 1.16. The predicted molar refractivity (Wildman–Crippen MR) is 45.8 cm³/mol. The van der Waals surface area contributed by atoms with Gasteiger partial charge in [-0.3, -0.25) is 9.78 Å². The van der Waals surface area contributed by atoms with Gasteiger partial charge < -0.3 is 5.11 Å². The summed E-state index contributed by atoms with van der Waals surface area (Å²) >= 11 is 5.37. The quantitative estimate of drug-likeness (QED) is 0.629. The maximum Gasteiger partial charge on any atom is 0.266 e. The second-order valence-electron chi connectivity index (χ2n) is 2.47. The van der Waals surface area contributed by atoms with Crippen LogP contribution in [0, 0.1) is 0 Å². The summed E-state index contributed by atoms with van der Waals surface area (Å²) in [5.41, 5.74) is -1.03. The highest BCUT2D eigenvalue weighted by Crippen LogP contribution is 2.29. The maximum atomic E-state index is 12.3. The first-order valence-electron chi connectivity index (χ1n) is 3.61. The number of hydrogen-bond acceptors (Lipinski definition) is 3. The van der Waals surface area contributed by atoms with E-state index in [4.69, 9.17) is 11.6 Å². The Hall–Kier alpha value is -1.23. The van der Waals surface area contributed by atoms with Crippen LogP contribution < -0.4 is 0 Å². The Bertz CT molecular complexity index is 357. The van der Waals surface area contributed by atoms with Gasteiger partial charge in [-0.2, -0.15) is 0 Å². The molecule has 1 aromatic rings. The largest absolute Gasteiger partial charge is 0.505 e. The molecule has 0 bridgehead atoms. The molecule has 0 aliphatic rings. The lowest BCUT2D eigenvalue weighted by Gasteiger charge is -2.07. The summed E-state index contributed by atoms with van der Waals surface area (Å²) in [7, 11) is 0. The third-order valence-electron chi connectivity index (χ3n) is 1.68. The molecule has 3 nitrogen and oxygen atoms in total. The average Bonchev–Trinajstić information content (AvgIpc) is 2.17. The number of nitrogens with zero attached hydrogens (tertiary/aromatic N) is 1. The Morgan fingerprint density at radius 2 is 2.29 bits per heavy atom. The number of hydrogen-bond donors (Lipinski definition) is 1. The van der Waals surface area contributed by atoms with Crippen molar-refractivity contribution in [2.75, 3.05) is 0 Å². The van der Waals surface area contributed by atoms with Gasteiger partial charge in [0.1, 0.15) is 5.75 Å². The van der Waals surface area contributed by atoms with E-state index in [1.807, 2.05) is 0 Å². The first-order chi connectivity index (χ1) is 6.61. The topological polar surface area (TPSA) is 50.2 Å². The molecule has 14 heavy (non-hydrogen) atoms. The van der Waals surface area contributed by atoms with Crippen LogP contribution in [0.25, 0.3) is 0 Å². The smallest absolute Gasteiger partial charge is 0.266 e. The molecule has 0 aliphatic carbocycles. The van der Waals surface area contributed by atoms with Crippen LogP contribution in [0.1, 0.15) is 28.0 Å². The van der Waals surface area contributed by atoms with Crippen molar-refractivity contribution in [2.24, 2.45) is 0 Å². The summed E-state index contributed by atoms with van der Waals surface area (Å²) in [6, 6.07) is 0. The van der Waals surface area contributed by atoms with E-state index in [9.17, 15) is 18.7 Å². The number of carbonyl (C=O) groups excluding carboxylic acids is 1. The molecule has 0 unspecified atom stereocenters. The zero-order valence-electron chi connectivity index (χ0n) is 6.88. The van der Waals surface area contributed by atoms with Gasteiger partial charge in [-0.25, -0.2) is 8.78 Å². The van der Waals surface area contributed by atoms with E-state index in [1.54, 1.807) is 0 Å². The fourth-order valence-electron chi connectivity index (χ4n) is 0.966. The van der Waals surface area contributed by atoms with Gasteiger partial charge in [0.05, 0.1) is 22.7 Å². The second kappa shape index (κ2) is 4.32. The lowest BCUT2D eigenvalue weighted by Crippen LogP contribution is -1.99. The minimum Gasteiger partial charge on any atom is -0.505 e. The number of carbonyl (C=O) groups is 1. The van der Waals surface area contributed by atoms with Crippen molar-refractivity contribution in [2.45, 2.75) is 12.3 Å². The molecule has 1 rings (SSSR count). The number of alkyl halides is 3. The molecule has 76 valence electrons. The molecule has 1 aromatic heterocycles.